The van der Waals surface area contributed by atoms with Crippen molar-refractivity contribution >= 4 is 28.2 Å². The van der Waals surface area contributed by atoms with Crippen molar-refractivity contribution in [1.29, 1.82) is 0 Å². The van der Waals surface area contributed by atoms with Crippen LogP contribution in [0.2, 0.25) is 0 Å². The number of carbonyl (C=O) groups is 1. The SMILES string of the molecule is CCOc1ccc(NC(=O)Cn2nc(N3CCOCC3)c3ccccc3c2=O)cc1. The normalized spacial score (nSPS) is 14.0. The summed E-state index contributed by atoms with van der Waals surface area (Å²) in [5.41, 5.74) is 0.343. The number of aromatic nitrogens is 2. The van der Waals surface area contributed by atoms with E-state index in [1.54, 1.807) is 30.3 Å². The Morgan fingerprint density at radius 2 is 1.80 bits per heavy atom. The molecule has 0 atom stereocenters. The van der Waals surface area contributed by atoms with Crippen LogP contribution in [0.5, 0.6) is 5.75 Å². The zero-order valence-corrected chi connectivity index (χ0v) is 16.8. The summed E-state index contributed by atoms with van der Waals surface area (Å²) < 4.78 is 12.1. The first kappa shape index (κ1) is 19.9. The number of fused-ring (bicyclic) bond motifs is 1. The number of ether oxygens (including phenoxy) is 2. The Hall–Kier alpha value is -3.39. The van der Waals surface area contributed by atoms with Crippen LogP contribution in [0.25, 0.3) is 10.8 Å². The van der Waals surface area contributed by atoms with Crippen molar-refractivity contribution in [2.24, 2.45) is 0 Å². The largest absolute Gasteiger partial charge is 0.494 e. The minimum atomic E-state index is -0.322. The van der Waals surface area contributed by atoms with Crippen molar-refractivity contribution in [2.45, 2.75) is 13.5 Å². The highest BCUT2D eigenvalue weighted by atomic mass is 16.5. The number of carbonyl (C=O) groups excluding carboxylic acids is 1. The van der Waals surface area contributed by atoms with E-state index in [1.807, 2.05) is 25.1 Å². The maximum Gasteiger partial charge on any atom is 0.275 e. The number of anilines is 2. The van der Waals surface area contributed by atoms with E-state index in [2.05, 4.69) is 15.3 Å². The Morgan fingerprint density at radius 1 is 1.10 bits per heavy atom. The summed E-state index contributed by atoms with van der Waals surface area (Å²) in [6.07, 6.45) is 0. The minimum absolute atomic E-state index is 0.172. The minimum Gasteiger partial charge on any atom is -0.494 e. The Labute approximate surface area is 174 Å². The van der Waals surface area contributed by atoms with Crippen molar-refractivity contribution in [2.75, 3.05) is 43.1 Å². The lowest BCUT2D eigenvalue weighted by Crippen LogP contribution is -2.39. The van der Waals surface area contributed by atoms with E-state index in [9.17, 15) is 9.59 Å². The van der Waals surface area contributed by atoms with Crippen LogP contribution in [-0.2, 0) is 16.1 Å². The van der Waals surface area contributed by atoms with Crippen molar-refractivity contribution in [3.8, 4) is 5.75 Å². The van der Waals surface area contributed by atoms with Gasteiger partial charge < -0.3 is 19.7 Å². The molecule has 0 unspecified atom stereocenters. The average molecular weight is 408 g/mol. The van der Waals surface area contributed by atoms with Gasteiger partial charge >= 0.3 is 0 Å². The highest BCUT2D eigenvalue weighted by Gasteiger charge is 2.19. The zero-order chi connectivity index (χ0) is 20.9. The molecule has 1 fully saturated rings. The summed E-state index contributed by atoms with van der Waals surface area (Å²) in [6, 6.07) is 14.5. The molecule has 2 aromatic carbocycles. The fourth-order valence-electron chi connectivity index (χ4n) is 3.47. The summed E-state index contributed by atoms with van der Waals surface area (Å²) in [5.74, 6) is 1.11. The number of amides is 1. The number of benzene rings is 2. The first-order valence-electron chi connectivity index (χ1n) is 10.0. The fraction of sp³-hybridized carbons (Fsp3) is 0.318. The molecule has 3 aromatic rings. The highest BCUT2D eigenvalue weighted by Crippen LogP contribution is 2.23. The van der Waals surface area contributed by atoms with Crippen LogP contribution in [0.1, 0.15) is 6.92 Å². The predicted octanol–water partition coefficient (Wildman–Crippen LogP) is 2.27. The van der Waals surface area contributed by atoms with Crippen LogP contribution in [0.4, 0.5) is 11.5 Å². The molecule has 8 nitrogen and oxygen atoms in total. The van der Waals surface area contributed by atoms with E-state index >= 15 is 0 Å². The smallest absolute Gasteiger partial charge is 0.275 e. The lowest BCUT2D eigenvalue weighted by atomic mass is 10.1. The molecule has 4 rings (SSSR count). The van der Waals surface area contributed by atoms with Gasteiger partial charge in [0, 0.05) is 24.2 Å². The second-order valence-electron chi connectivity index (χ2n) is 6.94. The molecule has 0 saturated carbocycles. The van der Waals surface area contributed by atoms with Gasteiger partial charge in [0.15, 0.2) is 5.82 Å². The lowest BCUT2D eigenvalue weighted by molar-refractivity contribution is -0.117. The molecule has 1 aromatic heterocycles. The van der Waals surface area contributed by atoms with Crippen LogP contribution in [0.15, 0.2) is 53.3 Å². The number of rotatable bonds is 6. The molecule has 8 heteroatoms. The van der Waals surface area contributed by atoms with Gasteiger partial charge in [-0.2, -0.15) is 5.10 Å². The molecular weight excluding hydrogens is 384 g/mol. The number of hydrogen-bond acceptors (Lipinski definition) is 6. The first-order valence-corrected chi connectivity index (χ1v) is 10.0. The molecule has 0 aliphatic carbocycles. The van der Waals surface area contributed by atoms with Gasteiger partial charge in [0.25, 0.3) is 5.56 Å². The van der Waals surface area contributed by atoms with Crippen LogP contribution >= 0.6 is 0 Å². The summed E-state index contributed by atoms with van der Waals surface area (Å²) in [7, 11) is 0. The monoisotopic (exact) mass is 408 g/mol. The molecule has 2 heterocycles. The number of morpholine rings is 1. The maximum absolute atomic E-state index is 12.9. The second kappa shape index (κ2) is 8.96. The maximum atomic E-state index is 12.9. The molecule has 1 N–H and O–H groups in total. The Kier molecular flexibility index (Phi) is 5.94. The molecule has 156 valence electrons. The van der Waals surface area contributed by atoms with E-state index in [-0.39, 0.29) is 18.0 Å². The number of hydrogen-bond donors (Lipinski definition) is 1. The van der Waals surface area contributed by atoms with E-state index in [1.165, 1.54) is 4.68 Å². The Bertz CT molecular complexity index is 1090. The van der Waals surface area contributed by atoms with E-state index in [0.29, 0.717) is 49.8 Å². The van der Waals surface area contributed by atoms with Gasteiger partial charge in [-0.1, -0.05) is 18.2 Å². The van der Waals surface area contributed by atoms with Crippen LogP contribution in [0, 0.1) is 0 Å². The van der Waals surface area contributed by atoms with Crippen LogP contribution < -0.4 is 20.5 Å². The van der Waals surface area contributed by atoms with Gasteiger partial charge in [0.05, 0.1) is 25.2 Å². The first-order chi connectivity index (χ1) is 14.7. The fourth-order valence-corrected chi connectivity index (χ4v) is 3.47. The average Bonchev–Trinajstić information content (AvgIpc) is 2.78. The molecule has 0 spiro atoms. The number of nitrogens with one attached hydrogen (secondary N) is 1. The Balaban J connectivity index is 1.59. The van der Waals surface area contributed by atoms with Crippen molar-refractivity contribution in [3.63, 3.8) is 0 Å². The predicted molar refractivity (Wildman–Crippen MR) is 115 cm³/mol. The third-order valence-electron chi connectivity index (χ3n) is 4.90. The molecule has 0 bridgehead atoms. The van der Waals surface area contributed by atoms with E-state index < -0.39 is 0 Å². The zero-order valence-electron chi connectivity index (χ0n) is 16.8. The standard InChI is InChI=1S/C22H24N4O4/c1-2-30-17-9-7-16(8-10-17)23-20(27)15-26-22(28)19-6-4-3-5-18(19)21(24-26)25-11-13-29-14-12-25/h3-10H,2,11-15H2,1H3,(H,23,27). The third kappa shape index (κ3) is 4.28. The highest BCUT2D eigenvalue weighted by molar-refractivity contribution is 5.93. The van der Waals surface area contributed by atoms with Crippen molar-refractivity contribution in [3.05, 3.63) is 58.9 Å². The van der Waals surface area contributed by atoms with Gasteiger partial charge in [-0.05, 0) is 37.3 Å². The van der Waals surface area contributed by atoms with Gasteiger partial charge in [-0.25, -0.2) is 4.68 Å². The Morgan fingerprint density at radius 3 is 2.50 bits per heavy atom. The molecule has 1 saturated heterocycles. The number of nitrogens with zero attached hydrogens (tertiary/aromatic N) is 3. The van der Waals surface area contributed by atoms with Crippen LogP contribution in [-0.4, -0.2) is 48.6 Å². The second-order valence-corrected chi connectivity index (χ2v) is 6.94. The molecule has 1 aliphatic heterocycles. The van der Waals surface area contributed by atoms with Crippen molar-refractivity contribution in [1.82, 2.24) is 9.78 Å². The summed E-state index contributed by atoms with van der Waals surface area (Å²) in [4.78, 5) is 27.6. The summed E-state index contributed by atoms with van der Waals surface area (Å²) >= 11 is 0. The summed E-state index contributed by atoms with van der Waals surface area (Å²) in [6.45, 7) is 4.90. The topological polar surface area (TPSA) is 85.7 Å². The van der Waals surface area contributed by atoms with Gasteiger partial charge in [-0.3, -0.25) is 9.59 Å². The van der Waals surface area contributed by atoms with Gasteiger partial charge in [0.1, 0.15) is 12.3 Å². The molecule has 0 radical (unpaired) electrons. The molecule has 1 aliphatic rings. The van der Waals surface area contributed by atoms with Crippen LogP contribution in [0.3, 0.4) is 0 Å². The van der Waals surface area contributed by atoms with Gasteiger partial charge in [0.2, 0.25) is 5.91 Å². The van der Waals surface area contributed by atoms with Crippen molar-refractivity contribution < 1.29 is 14.3 Å². The lowest BCUT2D eigenvalue weighted by Gasteiger charge is -2.29. The molecule has 30 heavy (non-hydrogen) atoms. The van der Waals surface area contributed by atoms with E-state index in [4.69, 9.17) is 9.47 Å². The molecular formula is C22H24N4O4. The van der Waals surface area contributed by atoms with E-state index in [0.717, 1.165) is 11.1 Å². The molecule has 1 amide bonds. The van der Waals surface area contributed by atoms with Gasteiger partial charge in [-0.15, -0.1) is 0 Å². The summed E-state index contributed by atoms with van der Waals surface area (Å²) in [5, 5.41) is 8.67. The quantitative estimate of drug-likeness (QED) is 0.674. The third-order valence-corrected chi connectivity index (χ3v) is 4.90.